The molecule has 2 aromatic carbocycles. The van der Waals surface area contributed by atoms with Crippen LogP contribution in [0.5, 0.6) is 5.75 Å². The number of aromatic nitrogens is 2. The number of nitrogens with zero attached hydrogens (tertiary/aromatic N) is 2. The van der Waals surface area contributed by atoms with Crippen LogP contribution < -0.4 is 10.2 Å². The zero-order valence-corrected chi connectivity index (χ0v) is 14.1. The smallest absolute Gasteiger partial charge is 0.431 e. The number of alkyl halides is 2. The highest BCUT2D eigenvalue weighted by Crippen LogP contribution is 2.34. The van der Waals surface area contributed by atoms with Crippen LogP contribution in [0.25, 0.3) is 21.7 Å². The number of ether oxygens (including phenoxy) is 2. The van der Waals surface area contributed by atoms with Crippen molar-refractivity contribution in [3.05, 3.63) is 30.2 Å². The third-order valence-electron chi connectivity index (χ3n) is 4.72. The average molecular weight is 380 g/mol. The van der Waals surface area contributed by atoms with Crippen molar-refractivity contribution in [2.45, 2.75) is 32.1 Å². The molecular formula is C17H16BF3N2O4. The molecule has 3 aromatic rings. The SMILES string of the molecule is OB(O)c1c2cnn(C3CCCCO3)c2cc2ccc(F)c(OC(F)F)c12. The van der Waals surface area contributed by atoms with E-state index >= 15 is 0 Å². The first kappa shape index (κ1) is 18.1. The Labute approximate surface area is 152 Å². The molecule has 27 heavy (non-hydrogen) atoms. The Morgan fingerprint density at radius 2 is 2.11 bits per heavy atom. The van der Waals surface area contributed by atoms with E-state index in [-0.39, 0.29) is 17.1 Å². The lowest BCUT2D eigenvalue weighted by atomic mass is 9.74. The van der Waals surface area contributed by atoms with E-state index in [4.69, 9.17) is 4.74 Å². The van der Waals surface area contributed by atoms with Crippen LogP contribution in [0.3, 0.4) is 0 Å². The van der Waals surface area contributed by atoms with Crippen LogP contribution in [0.15, 0.2) is 24.4 Å². The highest BCUT2D eigenvalue weighted by atomic mass is 19.3. The maximum atomic E-state index is 14.2. The number of halogens is 3. The molecule has 10 heteroatoms. The molecule has 1 aliphatic rings. The summed E-state index contributed by atoms with van der Waals surface area (Å²) in [6.07, 6.45) is 3.74. The Morgan fingerprint density at radius 3 is 2.78 bits per heavy atom. The first-order valence-electron chi connectivity index (χ1n) is 8.52. The Morgan fingerprint density at radius 1 is 1.30 bits per heavy atom. The molecule has 2 N–H and O–H groups in total. The fraction of sp³-hybridized carbons (Fsp3) is 0.353. The fourth-order valence-corrected chi connectivity index (χ4v) is 3.59. The first-order valence-corrected chi connectivity index (χ1v) is 8.52. The van der Waals surface area contributed by atoms with Gasteiger partial charge in [0.05, 0.1) is 11.7 Å². The zero-order chi connectivity index (χ0) is 19.1. The Bertz CT molecular complexity index is 989. The molecule has 0 spiro atoms. The Kier molecular flexibility index (Phi) is 4.71. The van der Waals surface area contributed by atoms with Crippen LogP contribution in [0.2, 0.25) is 0 Å². The minimum atomic E-state index is -3.26. The molecule has 4 rings (SSSR count). The summed E-state index contributed by atoms with van der Waals surface area (Å²) in [5, 5.41) is 24.6. The van der Waals surface area contributed by atoms with Gasteiger partial charge in [0, 0.05) is 22.8 Å². The van der Waals surface area contributed by atoms with Gasteiger partial charge in [-0.3, -0.25) is 0 Å². The summed E-state index contributed by atoms with van der Waals surface area (Å²) < 4.78 is 51.4. The van der Waals surface area contributed by atoms with Crippen LogP contribution in [0, 0.1) is 5.82 Å². The van der Waals surface area contributed by atoms with Gasteiger partial charge in [-0.25, -0.2) is 9.07 Å². The quantitative estimate of drug-likeness (QED) is 0.680. The summed E-state index contributed by atoms with van der Waals surface area (Å²) in [4.78, 5) is 0. The summed E-state index contributed by atoms with van der Waals surface area (Å²) in [5.41, 5.74) is 0.395. The van der Waals surface area contributed by atoms with Gasteiger partial charge >= 0.3 is 13.7 Å². The number of hydrogen-bond donors (Lipinski definition) is 2. The maximum Gasteiger partial charge on any atom is 0.489 e. The molecule has 142 valence electrons. The molecule has 1 aromatic heterocycles. The van der Waals surface area contributed by atoms with Gasteiger partial charge in [-0.05, 0) is 36.8 Å². The molecule has 1 atom stereocenters. The molecule has 2 heterocycles. The molecule has 1 unspecified atom stereocenters. The second kappa shape index (κ2) is 7.03. The van der Waals surface area contributed by atoms with Gasteiger partial charge in [0.25, 0.3) is 0 Å². The number of rotatable bonds is 4. The van der Waals surface area contributed by atoms with Crippen LogP contribution in [-0.4, -0.2) is 40.2 Å². The van der Waals surface area contributed by atoms with E-state index in [9.17, 15) is 23.2 Å². The van der Waals surface area contributed by atoms with Crippen molar-refractivity contribution in [3.63, 3.8) is 0 Å². The third-order valence-corrected chi connectivity index (χ3v) is 4.72. The number of benzene rings is 2. The lowest BCUT2D eigenvalue weighted by Crippen LogP contribution is -2.32. The average Bonchev–Trinajstić information content (AvgIpc) is 3.06. The maximum absolute atomic E-state index is 14.2. The topological polar surface area (TPSA) is 76.7 Å². The third kappa shape index (κ3) is 3.13. The fourth-order valence-electron chi connectivity index (χ4n) is 3.59. The highest BCUT2D eigenvalue weighted by Gasteiger charge is 2.28. The summed E-state index contributed by atoms with van der Waals surface area (Å²) in [5.74, 6) is -1.75. The second-order valence-corrected chi connectivity index (χ2v) is 6.36. The van der Waals surface area contributed by atoms with Gasteiger partial charge in [0.2, 0.25) is 0 Å². The van der Waals surface area contributed by atoms with Crippen LogP contribution >= 0.6 is 0 Å². The number of fused-ring (bicyclic) bond motifs is 2. The Balaban J connectivity index is 2.01. The van der Waals surface area contributed by atoms with Crippen LogP contribution in [0.1, 0.15) is 25.5 Å². The number of hydrogen-bond acceptors (Lipinski definition) is 5. The lowest BCUT2D eigenvalue weighted by molar-refractivity contribution is -0.0510. The van der Waals surface area contributed by atoms with E-state index in [0.717, 1.165) is 25.3 Å². The molecule has 0 amide bonds. The predicted octanol–water partition coefficient (Wildman–Crippen LogP) is 2.31. The van der Waals surface area contributed by atoms with E-state index in [1.54, 1.807) is 10.7 Å². The lowest BCUT2D eigenvalue weighted by Gasteiger charge is -2.23. The normalized spacial score (nSPS) is 17.8. The molecule has 0 radical (unpaired) electrons. The van der Waals surface area contributed by atoms with Crippen LogP contribution in [-0.2, 0) is 4.74 Å². The van der Waals surface area contributed by atoms with E-state index in [0.29, 0.717) is 22.9 Å². The standard InChI is InChI=1S/C17H16BF3N2O4/c19-11-5-4-9-7-12-10(8-22-23(12)13-3-1-2-6-26-13)15(18(24)25)14(9)16(11)27-17(20)21/h4-5,7-8,13,17,24-25H,1-3,6H2. The molecule has 1 aliphatic heterocycles. The second-order valence-electron chi connectivity index (χ2n) is 6.36. The first-order chi connectivity index (χ1) is 13.0. The molecule has 0 saturated carbocycles. The molecule has 1 fully saturated rings. The Hall–Kier alpha value is -2.30. The molecule has 0 aliphatic carbocycles. The summed E-state index contributed by atoms with van der Waals surface area (Å²) in [6.45, 7) is -2.67. The van der Waals surface area contributed by atoms with E-state index in [1.807, 2.05) is 0 Å². The van der Waals surface area contributed by atoms with Gasteiger partial charge < -0.3 is 19.5 Å². The van der Waals surface area contributed by atoms with E-state index in [1.165, 1.54) is 12.3 Å². The van der Waals surface area contributed by atoms with Gasteiger partial charge in [0.1, 0.15) is 0 Å². The monoisotopic (exact) mass is 380 g/mol. The minimum absolute atomic E-state index is 0.123. The molecule has 1 saturated heterocycles. The van der Waals surface area contributed by atoms with Crippen molar-refractivity contribution in [1.29, 1.82) is 0 Å². The van der Waals surface area contributed by atoms with Crippen molar-refractivity contribution in [2.24, 2.45) is 0 Å². The summed E-state index contributed by atoms with van der Waals surface area (Å²) in [7, 11) is -2.04. The van der Waals surface area contributed by atoms with Crippen molar-refractivity contribution in [1.82, 2.24) is 9.78 Å². The zero-order valence-electron chi connectivity index (χ0n) is 14.1. The van der Waals surface area contributed by atoms with Crippen molar-refractivity contribution >= 4 is 34.3 Å². The molecule has 0 bridgehead atoms. The minimum Gasteiger partial charge on any atom is -0.431 e. The van der Waals surface area contributed by atoms with Crippen molar-refractivity contribution < 1.29 is 32.7 Å². The van der Waals surface area contributed by atoms with Crippen molar-refractivity contribution in [2.75, 3.05) is 6.61 Å². The predicted molar refractivity (Wildman–Crippen MR) is 92.5 cm³/mol. The van der Waals surface area contributed by atoms with E-state index in [2.05, 4.69) is 9.84 Å². The van der Waals surface area contributed by atoms with Gasteiger partial charge in [-0.1, -0.05) is 6.07 Å². The largest absolute Gasteiger partial charge is 0.489 e. The summed E-state index contributed by atoms with van der Waals surface area (Å²) in [6, 6.07) is 3.99. The summed E-state index contributed by atoms with van der Waals surface area (Å²) >= 11 is 0. The molecule has 6 nitrogen and oxygen atoms in total. The van der Waals surface area contributed by atoms with Crippen LogP contribution in [0.4, 0.5) is 13.2 Å². The molecular weight excluding hydrogens is 364 g/mol. The van der Waals surface area contributed by atoms with Crippen molar-refractivity contribution in [3.8, 4) is 5.75 Å². The van der Waals surface area contributed by atoms with E-state index < -0.39 is 25.3 Å². The van der Waals surface area contributed by atoms with Gasteiger partial charge in [0.15, 0.2) is 17.8 Å². The van der Waals surface area contributed by atoms with Gasteiger partial charge in [-0.15, -0.1) is 0 Å². The highest BCUT2D eigenvalue weighted by molar-refractivity contribution is 6.65. The van der Waals surface area contributed by atoms with Gasteiger partial charge in [-0.2, -0.15) is 13.9 Å².